The number of carbonyl (C=O) groups excluding carboxylic acids is 1. The fraction of sp³-hybridized carbons (Fsp3) is 0.769. The third-order valence-corrected chi connectivity index (χ3v) is 3.84. The second kappa shape index (κ2) is 4.93. The van der Waals surface area contributed by atoms with Gasteiger partial charge in [0.25, 0.3) is 0 Å². The van der Waals surface area contributed by atoms with E-state index in [0.717, 1.165) is 32.1 Å². The van der Waals surface area contributed by atoms with Gasteiger partial charge in [-0.2, -0.15) is 0 Å². The lowest BCUT2D eigenvalue weighted by atomic mass is 9.74. The van der Waals surface area contributed by atoms with Crippen molar-refractivity contribution in [2.24, 2.45) is 11.8 Å². The molecule has 84 valence electrons. The fourth-order valence-electron chi connectivity index (χ4n) is 2.97. The molecule has 0 unspecified atom stereocenters. The van der Waals surface area contributed by atoms with Gasteiger partial charge in [0.05, 0.1) is 6.10 Å². The molecule has 2 nitrogen and oxygen atoms in total. The van der Waals surface area contributed by atoms with Crippen LogP contribution in [-0.2, 0) is 4.79 Å². The predicted octanol–water partition coefficient (Wildman–Crippen LogP) is 2.46. The highest BCUT2D eigenvalue weighted by Gasteiger charge is 2.34. The average molecular weight is 208 g/mol. The molecule has 0 bridgehead atoms. The maximum absolute atomic E-state index is 11.9. The zero-order valence-electron chi connectivity index (χ0n) is 9.19. The van der Waals surface area contributed by atoms with E-state index in [4.69, 9.17) is 0 Å². The average Bonchev–Trinajstić information content (AvgIpc) is 2.44. The normalized spacial score (nSPS) is 37.7. The van der Waals surface area contributed by atoms with Crippen molar-refractivity contribution in [3.05, 3.63) is 12.2 Å². The minimum atomic E-state index is -0.231. The Bertz CT molecular complexity index is 257. The molecule has 0 aliphatic heterocycles. The summed E-state index contributed by atoms with van der Waals surface area (Å²) in [5.74, 6) is 0.705. The zero-order valence-corrected chi connectivity index (χ0v) is 9.19. The van der Waals surface area contributed by atoms with Crippen LogP contribution in [0.1, 0.15) is 44.9 Å². The lowest BCUT2D eigenvalue weighted by molar-refractivity contribution is -0.126. The Morgan fingerprint density at radius 2 is 1.93 bits per heavy atom. The van der Waals surface area contributed by atoms with E-state index in [1.165, 1.54) is 6.42 Å². The number of aliphatic hydroxyl groups excluding tert-OH is 1. The number of aliphatic hydroxyl groups is 1. The molecule has 0 aromatic heterocycles. The first-order valence-electron chi connectivity index (χ1n) is 6.15. The van der Waals surface area contributed by atoms with Crippen LogP contribution in [0.4, 0.5) is 0 Å². The highest BCUT2D eigenvalue weighted by molar-refractivity contribution is 5.83. The van der Waals surface area contributed by atoms with Gasteiger partial charge in [-0.1, -0.05) is 25.0 Å². The van der Waals surface area contributed by atoms with Gasteiger partial charge in [0.2, 0.25) is 0 Å². The molecule has 2 aliphatic carbocycles. The second-order valence-electron chi connectivity index (χ2n) is 4.84. The number of ketones is 1. The standard InChI is InChI=1S/C13H20O2/c14-12-8-3-1-2-6-10(12)11-7-4-5-9-13(11)15/h1,3,10-11,13,15H,2,4-9H2/t10-,11+,13-/m1/s1. The van der Waals surface area contributed by atoms with Crippen LogP contribution in [-0.4, -0.2) is 17.0 Å². The van der Waals surface area contributed by atoms with Crippen LogP contribution in [0.2, 0.25) is 0 Å². The van der Waals surface area contributed by atoms with Crippen molar-refractivity contribution in [1.82, 2.24) is 0 Å². The number of hydrogen-bond acceptors (Lipinski definition) is 2. The second-order valence-corrected chi connectivity index (χ2v) is 4.84. The van der Waals surface area contributed by atoms with Gasteiger partial charge in [-0.15, -0.1) is 0 Å². The summed E-state index contributed by atoms with van der Waals surface area (Å²) in [6.07, 6.45) is 10.6. The van der Waals surface area contributed by atoms with Crippen molar-refractivity contribution in [1.29, 1.82) is 0 Å². The number of Topliss-reactive ketones (excluding diaryl/α,β-unsaturated/α-hetero) is 1. The molecular weight excluding hydrogens is 188 g/mol. The Morgan fingerprint density at radius 1 is 1.13 bits per heavy atom. The Kier molecular flexibility index (Phi) is 3.57. The maximum atomic E-state index is 11.9. The third-order valence-electron chi connectivity index (χ3n) is 3.84. The van der Waals surface area contributed by atoms with E-state index in [9.17, 15) is 9.90 Å². The van der Waals surface area contributed by atoms with E-state index < -0.39 is 0 Å². The van der Waals surface area contributed by atoms with E-state index in [2.05, 4.69) is 6.08 Å². The van der Waals surface area contributed by atoms with Crippen molar-refractivity contribution in [3.8, 4) is 0 Å². The van der Waals surface area contributed by atoms with Crippen LogP contribution < -0.4 is 0 Å². The number of hydrogen-bond donors (Lipinski definition) is 1. The van der Waals surface area contributed by atoms with Crippen molar-refractivity contribution in [2.75, 3.05) is 0 Å². The third kappa shape index (κ3) is 2.49. The van der Waals surface area contributed by atoms with E-state index in [-0.39, 0.29) is 17.9 Å². The highest BCUT2D eigenvalue weighted by Crippen LogP contribution is 2.34. The first-order valence-corrected chi connectivity index (χ1v) is 6.15. The molecule has 1 fully saturated rings. The highest BCUT2D eigenvalue weighted by atomic mass is 16.3. The zero-order chi connectivity index (χ0) is 10.7. The van der Waals surface area contributed by atoms with Gasteiger partial charge in [-0.05, 0) is 31.6 Å². The van der Waals surface area contributed by atoms with E-state index in [1.54, 1.807) is 0 Å². The van der Waals surface area contributed by atoms with Crippen molar-refractivity contribution >= 4 is 5.78 Å². The molecular formula is C13H20O2. The summed E-state index contributed by atoms with van der Waals surface area (Å²) >= 11 is 0. The van der Waals surface area contributed by atoms with Crippen molar-refractivity contribution < 1.29 is 9.90 Å². The minimum Gasteiger partial charge on any atom is -0.393 e. The molecule has 0 aromatic rings. The van der Waals surface area contributed by atoms with E-state index in [1.807, 2.05) is 6.08 Å². The smallest absolute Gasteiger partial charge is 0.140 e. The Hall–Kier alpha value is -0.630. The molecule has 2 heteroatoms. The number of allylic oxidation sites excluding steroid dienone is 2. The van der Waals surface area contributed by atoms with Crippen LogP contribution in [0.25, 0.3) is 0 Å². The molecule has 1 N–H and O–H groups in total. The van der Waals surface area contributed by atoms with Gasteiger partial charge < -0.3 is 5.11 Å². The van der Waals surface area contributed by atoms with Gasteiger partial charge in [-0.3, -0.25) is 4.79 Å². The maximum Gasteiger partial charge on any atom is 0.140 e. The van der Waals surface area contributed by atoms with Crippen LogP contribution >= 0.6 is 0 Å². The van der Waals surface area contributed by atoms with E-state index >= 15 is 0 Å². The first-order chi connectivity index (χ1) is 7.29. The van der Waals surface area contributed by atoms with Crippen LogP contribution in [0, 0.1) is 11.8 Å². The summed E-state index contributed by atoms with van der Waals surface area (Å²) < 4.78 is 0. The minimum absolute atomic E-state index is 0.121. The summed E-state index contributed by atoms with van der Waals surface area (Å²) in [6.45, 7) is 0. The molecule has 15 heavy (non-hydrogen) atoms. The number of carbonyl (C=O) groups is 1. The molecule has 3 atom stereocenters. The predicted molar refractivity (Wildman–Crippen MR) is 59.5 cm³/mol. The Balaban J connectivity index is 2.04. The summed E-state index contributed by atoms with van der Waals surface area (Å²) in [5, 5.41) is 9.96. The molecule has 0 amide bonds. The molecule has 2 rings (SSSR count). The van der Waals surface area contributed by atoms with Crippen molar-refractivity contribution in [3.63, 3.8) is 0 Å². The summed E-state index contributed by atoms with van der Waals surface area (Å²) in [5.41, 5.74) is 0. The van der Waals surface area contributed by atoms with Crippen molar-refractivity contribution in [2.45, 2.75) is 51.0 Å². The molecule has 0 aromatic carbocycles. The molecule has 1 saturated carbocycles. The Morgan fingerprint density at radius 3 is 2.73 bits per heavy atom. The van der Waals surface area contributed by atoms with Gasteiger partial charge in [0.1, 0.15) is 5.78 Å². The fourth-order valence-corrected chi connectivity index (χ4v) is 2.97. The van der Waals surface area contributed by atoms with Gasteiger partial charge >= 0.3 is 0 Å². The van der Waals surface area contributed by atoms with Gasteiger partial charge in [0, 0.05) is 12.3 Å². The van der Waals surface area contributed by atoms with Crippen LogP contribution in [0.5, 0.6) is 0 Å². The molecule has 0 saturated heterocycles. The molecule has 2 aliphatic rings. The topological polar surface area (TPSA) is 37.3 Å². The van der Waals surface area contributed by atoms with Crippen LogP contribution in [0.3, 0.4) is 0 Å². The Labute approximate surface area is 91.4 Å². The van der Waals surface area contributed by atoms with Gasteiger partial charge in [-0.25, -0.2) is 0 Å². The summed E-state index contributed by atoms with van der Waals surface area (Å²) in [7, 11) is 0. The molecule has 0 radical (unpaired) electrons. The lowest BCUT2D eigenvalue weighted by Gasteiger charge is -2.33. The van der Waals surface area contributed by atoms with Crippen LogP contribution in [0.15, 0.2) is 12.2 Å². The SMILES string of the molecule is O=C1CC=CCC[C@@H]1[C@@H]1CCCC[C@H]1O. The lowest BCUT2D eigenvalue weighted by Crippen LogP contribution is -2.34. The molecule has 0 spiro atoms. The first kappa shape index (κ1) is 10.9. The monoisotopic (exact) mass is 208 g/mol. The number of rotatable bonds is 1. The summed E-state index contributed by atoms with van der Waals surface area (Å²) in [6, 6.07) is 0. The molecule has 0 heterocycles. The van der Waals surface area contributed by atoms with Gasteiger partial charge in [0.15, 0.2) is 0 Å². The largest absolute Gasteiger partial charge is 0.393 e. The quantitative estimate of drug-likeness (QED) is 0.672. The summed E-state index contributed by atoms with van der Waals surface area (Å²) in [4.78, 5) is 11.9. The van der Waals surface area contributed by atoms with E-state index in [0.29, 0.717) is 12.2 Å².